The second-order valence-corrected chi connectivity index (χ2v) is 5.06. The number of amides is 2. The van der Waals surface area contributed by atoms with Crippen LogP contribution in [0.5, 0.6) is 0 Å². The van der Waals surface area contributed by atoms with Crippen molar-refractivity contribution in [2.24, 2.45) is 5.92 Å². The molecule has 1 aromatic rings. The summed E-state index contributed by atoms with van der Waals surface area (Å²) in [7, 11) is 0. The van der Waals surface area contributed by atoms with Gasteiger partial charge in [-0.05, 0) is 12.8 Å². The molecule has 2 unspecified atom stereocenters. The Balaban J connectivity index is 2.24. The molecule has 0 bridgehead atoms. The first-order chi connectivity index (χ1) is 9.58. The highest BCUT2D eigenvalue weighted by molar-refractivity contribution is 5.94. The normalized spacial score (nSPS) is 20.9. The fourth-order valence-electron chi connectivity index (χ4n) is 2.47. The molecule has 0 spiro atoms. The van der Waals surface area contributed by atoms with Crippen LogP contribution in [-0.2, 0) is 22.7 Å². The summed E-state index contributed by atoms with van der Waals surface area (Å²) >= 11 is 0. The van der Waals surface area contributed by atoms with E-state index in [-0.39, 0.29) is 24.3 Å². The van der Waals surface area contributed by atoms with Crippen molar-refractivity contribution in [2.75, 3.05) is 6.54 Å². The third-order valence-electron chi connectivity index (χ3n) is 3.83. The van der Waals surface area contributed by atoms with Crippen LogP contribution in [0.4, 0.5) is 0 Å². The number of carbonyl (C=O) groups excluding carboxylic acids is 2. The molecule has 1 saturated heterocycles. The second-order valence-electron chi connectivity index (χ2n) is 5.06. The third kappa shape index (κ3) is 2.66. The first kappa shape index (κ1) is 14.5. The maximum atomic E-state index is 12.2. The minimum absolute atomic E-state index is 0.0615. The van der Waals surface area contributed by atoms with Gasteiger partial charge in [0.2, 0.25) is 11.8 Å². The Bertz CT molecular complexity index is 499. The van der Waals surface area contributed by atoms with Gasteiger partial charge >= 0.3 is 0 Å². The van der Waals surface area contributed by atoms with Gasteiger partial charge in [0.1, 0.15) is 18.2 Å². The highest BCUT2D eigenvalue weighted by Gasteiger charge is 2.37. The Morgan fingerprint density at radius 1 is 1.45 bits per heavy atom. The molecule has 2 rings (SSSR count). The molecular formula is C13H21N5O2. The highest BCUT2D eigenvalue weighted by Crippen LogP contribution is 2.20. The summed E-state index contributed by atoms with van der Waals surface area (Å²) < 4.78 is 1.74. The summed E-state index contributed by atoms with van der Waals surface area (Å²) in [5, 5.41) is 6.76. The summed E-state index contributed by atoms with van der Waals surface area (Å²) in [6.45, 7) is 7.05. The van der Waals surface area contributed by atoms with E-state index in [1.807, 2.05) is 20.8 Å². The maximum absolute atomic E-state index is 12.2. The molecule has 1 aliphatic heterocycles. The molecule has 7 nitrogen and oxygen atoms in total. The molecule has 2 heterocycles. The van der Waals surface area contributed by atoms with Crippen LogP contribution in [0.2, 0.25) is 0 Å². The average molecular weight is 279 g/mol. The van der Waals surface area contributed by atoms with E-state index < -0.39 is 6.04 Å². The van der Waals surface area contributed by atoms with Crippen molar-refractivity contribution in [3.63, 3.8) is 0 Å². The zero-order chi connectivity index (χ0) is 14.7. The first-order valence-corrected chi connectivity index (χ1v) is 7.02. The van der Waals surface area contributed by atoms with Crippen LogP contribution in [0.1, 0.15) is 33.0 Å². The number of aryl methyl sites for hydroxylation is 1. The number of carbonyl (C=O) groups is 2. The van der Waals surface area contributed by atoms with Crippen molar-refractivity contribution >= 4 is 11.8 Å². The van der Waals surface area contributed by atoms with E-state index in [1.54, 1.807) is 9.58 Å². The number of nitrogens with zero attached hydrogens (tertiary/aromatic N) is 4. The Hall–Kier alpha value is -1.92. The number of aromatic nitrogens is 3. The zero-order valence-electron chi connectivity index (χ0n) is 12.2. The van der Waals surface area contributed by atoms with Crippen LogP contribution >= 0.6 is 0 Å². The van der Waals surface area contributed by atoms with E-state index in [0.29, 0.717) is 18.9 Å². The van der Waals surface area contributed by atoms with Crippen LogP contribution in [-0.4, -0.2) is 44.1 Å². The molecule has 1 aliphatic rings. The molecule has 1 fully saturated rings. The molecule has 7 heteroatoms. The predicted octanol–water partition coefficient (Wildman–Crippen LogP) is 0.171. The van der Waals surface area contributed by atoms with Crippen LogP contribution < -0.4 is 5.32 Å². The summed E-state index contributed by atoms with van der Waals surface area (Å²) in [5.41, 5.74) is 0. The van der Waals surface area contributed by atoms with E-state index in [4.69, 9.17) is 0 Å². The van der Waals surface area contributed by atoms with Gasteiger partial charge in [0.05, 0.1) is 13.1 Å². The van der Waals surface area contributed by atoms with Crippen LogP contribution in [0.15, 0.2) is 6.33 Å². The first-order valence-electron chi connectivity index (χ1n) is 7.02. The summed E-state index contributed by atoms with van der Waals surface area (Å²) in [6.07, 6.45) is 2.31. The fraction of sp³-hybridized carbons (Fsp3) is 0.692. The lowest BCUT2D eigenvalue weighted by Crippen LogP contribution is -2.60. The SMILES string of the molecule is CCC(C)C1C(=O)NCC(=O)N1Cc1ncnn1CC. The second kappa shape index (κ2) is 6.02. The van der Waals surface area contributed by atoms with E-state index in [9.17, 15) is 9.59 Å². The summed E-state index contributed by atoms with van der Waals surface area (Å²) in [5.74, 6) is 0.670. The van der Waals surface area contributed by atoms with Crippen molar-refractivity contribution in [2.45, 2.75) is 46.3 Å². The zero-order valence-corrected chi connectivity index (χ0v) is 12.2. The molecule has 0 radical (unpaired) electrons. The number of rotatable bonds is 5. The topological polar surface area (TPSA) is 80.1 Å². The third-order valence-corrected chi connectivity index (χ3v) is 3.83. The van der Waals surface area contributed by atoms with Gasteiger partial charge in [-0.15, -0.1) is 0 Å². The van der Waals surface area contributed by atoms with Gasteiger partial charge in [-0.2, -0.15) is 5.10 Å². The fourth-order valence-corrected chi connectivity index (χ4v) is 2.47. The van der Waals surface area contributed by atoms with Crippen molar-refractivity contribution in [3.05, 3.63) is 12.2 Å². The lowest BCUT2D eigenvalue weighted by atomic mass is 9.95. The van der Waals surface area contributed by atoms with Gasteiger partial charge in [0.15, 0.2) is 0 Å². The molecule has 110 valence electrons. The molecule has 0 aromatic carbocycles. The van der Waals surface area contributed by atoms with E-state index in [1.165, 1.54) is 6.33 Å². The molecule has 20 heavy (non-hydrogen) atoms. The predicted molar refractivity (Wildman–Crippen MR) is 72.5 cm³/mol. The van der Waals surface area contributed by atoms with Crippen LogP contribution in [0.3, 0.4) is 0 Å². The number of nitrogens with one attached hydrogen (secondary N) is 1. The highest BCUT2D eigenvalue weighted by atomic mass is 16.2. The molecule has 1 N–H and O–H groups in total. The lowest BCUT2D eigenvalue weighted by Gasteiger charge is -2.37. The smallest absolute Gasteiger partial charge is 0.243 e. The molecule has 2 amide bonds. The van der Waals surface area contributed by atoms with Crippen molar-refractivity contribution < 1.29 is 9.59 Å². The molecule has 2 atom stereocenters. The van der Waals surface area contributed by atoms with Crippen molar-refractivity contribution in [1.29, 1.82) is 0 Å². The minimum Gasteiger partial charge on any atom is -0.345 e. The number of piperazine rings is 1. The molecule has 0 saturated carbocycles. The minimum atomic E-state index is -0.428. The van der Waals surface area contributed by atoms with Gasteiger partial charge in [-0.25, -0.2) is 9.67 Å². The van der Waals surface area contributed by atoms with Gasteiger partial charge in [0.25, 0.3) is 0 Å². The maximum Gasteiger partial charge on any atom is 0.243 e. The number of hydrogen-bond acceptors (Lipinski definition) is 4. The Morgan fingerprint density at radius 3 is 2.85 bits per heavy atom. The standard InChI is InChI=1S/C13H21N5O2/c1-4-9(3)12-13(20)14-6-11(19)17(12)7-10-15-8-16-18(10)5-2/h8-9,12H,4-7H2,1-3H3,(H,14,20). The average Bonchev–Trinajstić information content (AvgIpc) is 2.89. The summed E-state index contributed by atoms with van der Waals surface area (Å²) in [4.78, 5) is 30.1. The van der Waals surface area contributed by atoms with Crippen molar-refractivity contribution in [3.8, 4) is 0 Å². The lowest BCUT2D eigenvalue weighted by molar-refractivity contribution is -0.148. The Kier molecular flexibility index (Phi) is 4.36. The quantitative estimate of drug-likeness (QED) is 0.833. The van der Waals surface area contributed by atoms with E-state index in [0.717, 1.165) is 6.42 Å². The van der Waals surface area contributed by atoms with Gasteiger partial charge in [-0.1, -0.05) is 20.3 Å². The van der Waals surface area contributed by atoms with Gasteiger partial charge in [-0.3, -0.25) is 9.59 Å². The Labute approximate surface area is 118 Å². The molecule has 1 aromatic heterocycles. The van der Waals surface area contributed by atoms with Crippen LogP contribution in [0, 0.1) is 5.92 Å². The number of hydrogen-bond donors (Lipinski definition) is 1. The van der Waals surface area contributed by atoms with Gasteiger partial charge in [0, 0.05) is 6.54 Å². The van der Waals surface area contributed by atoms with Crippen molar-refractivity contribution in [1.82, 2.24) is 25.0 Å². The van der Waals surface area contributed by atoms with Crippen LogP contribution in [0.25, 0.3) is 0 Å². The van der Waals surface area contributed by atoms with E-state index >= 15 is 0 Å². The monoisotopic (exact) mass is 279 g/mol. The molecule has 0 aliphatic carbocycles. The molecular weight excluding hydrogens is 258 g/mol. The largest absolute Gasteiger partial charge is 0.345 e. The Morgan fingerprint density at radius 2 is 2.20 bits per heavy atom. The summed E-state index contributed by atoms with van der Waals surface area (Å²) in [6, 6.07) is -0.428. The van der Waals surface area contributed by atoms with E-state index in [2.05, 4.69) is 15.4 Å². The van der Waals surface area contributed by atoms with Gasteiger partial charge < -0.3 is 10.2 Å².